The molecule has 25 heavy (non-hydrogen) atoms. The number of carbonyl (C=O) groups is 2. The highest BCUT2D eigenvalue weighted by Crippen LogP contribution is 2.37. The molecule has 1 aromatic rings. The number of rotatable bonds is 5. The third kappa shape index (κ3) is 3.95. The van der Waals surface area contributed by atoms with Crippen LogP contribution in [0.4, 0.5) is 0 Å². The van der Waals surface area contributed by atoms with Crippen LogP contribution in [0.5, 0.6) is 5.75 Å². The third-order valence-corrected chi connectivity index (χ3v) is 5.12. The van der Waals surface area contributed by atoms with Crippen LogP contribution in [0.3, 0.4) is 0 Å². The fourth-order valence-corrected chi connectivity index (χ4v) is 3.29. The summed E-state index contributed by atoms with van der Waals surface area (Å²) in [7, 11) is 0. The number of aliphatic hydroxyl groups excluding tert-OH is 1. The van der Waals surface area contributed by atoms with Crippen LogP contribution in [0.1, 0.15) is 49.0 Å². The number of amides is 1. The lowest BCUT2D eigenvalue weighted by Crippen LogP contribution is -2.57. The predicted molar refractivity (Wildman–Crippen MR) is 93.5 cm³/mol. The normalized spacial score (nSPS) is 23.7. The van der Waals surface area contributed by atoms with Gasteiger partial charge in [0.05, 0.1) is 6.10 Å². The standard InChI is InChI=1S/C19H27NO5/c1-12(2)6-8-19(18(24)25)11-20(9-7-16(19)22)17(23)14-5-4-13(3)15(21)10-14/h4-5,10,12,16,21-22H,6-9,11H2,1-3H3,(H,24,25)/t16-,19+/m0/s1. The van der Waals surface area contributed by atoms with E-state index in [4.69, 9.17) is 0 Å². The van der Waals surface area contributed by atoms with Crippen LogP contribution in [0.15, 0.2) is 18.2 Å². The number of nitrogens with zero attached hydrogens (tertiary/aromatic N) is 1. The number of phenolic OH excluding ortho intramolecular Hbond substituents is 1. The Morgan fingerprint density at radius 3 is 2.60 bits per heavy atom. The van der Waals surface area contributed by atoms with Gasteiger partial charge in [-0.1, -0.05) is 19.9 Å². The minimum Gasteiger partial charge on any atom is -0.508 e. The molecule has 6 nitrogen and oxygen atoms in total. The zero-order valence-electron chi connectivity index (χ0n) is 15.0. The maximum absolute atomic E-state index is 12.8. The van der Waals surface area contributed by atoms with Crippen LogP contribution in [-0.2, 0) is 4.79 Å². The van der Waals surface area contributed by atoms with Crippen molar-refractivity contribution in [2.24, 2.45) is 11.3 Å². The third-order valence-electron chi connectivity index (χ3n) is 5.12. The number of aliphatic carboxylic acids is 1. The first-order valence-electron chi connectivity index (χ1n) is 8.67. The maximum atomic E-state index is 12.8. The number of benzene rings is 1. The summed E-state index contributed by atoms with van der Waals surface area (Å²) in [5.74, 6) is -1.04. The summed E-state index contributed by atoms with van der Waals surface area (Å²) in [6.07, 6.45) is 0.244. The van der Waals surface area contributed by atoms with Crippen LogP contribution in [0.25, 0.3) is 0 Å². The van der Waals surface area contributed by atoms with Crippen molar-refractivity contribution in [3.05, 3.63) is 29.3 Å². The molecule has 0 radical (unpaired) electrons. The highest BCUT2D eigenvalue weighted by molar-refractivity contribution is 5.95. The van der Waals surface area contributed by atoms with Gasteiger partial charge in [-0.05, 0) is 49.8 Å². The first-order valence-corrected chi connectivity index (χ1v) is 8.67. The molecule has 1 heterocycles. The second-order valence-corrected chi connectivity index (χ2v) is 7.43. The molecule has 2 atom stereocenters. The van der Waals surface area contributed by atoms with E-state index in [-0.39, 0.29) is 24.6 Å². The average Bonchev–Trinajstić information content (AvgIpc) is 2.55. The summed E-state index contributed by atoms with van der Waals surface area (Å²) in [5, 5.41) is 30.0. The van der Waals surface area contributed by atoms with Crippen LogP contribution >= 0.6 is 0 Å². The Balaban J connectivity index is 2.26. The number of aromatic hydroxyl groups is 1. The minimum absolute atomic E-state index is 0.0241. The van der Waals surface area contributed by atoms with Gasteiger partial charge in [-0.2, -0.15) is 0 Å². The molecule has 2 rings (SSSR count). The molecule has 0 spiro atoms. The van der Waals surface area contributed by atoms with Gasteiger partial charge in [-0.25, -0.2) is 0 Å². The Labute approximate surface area is 148 Å². The van der Waals surface area contributed by atoms with Crippen LogP contribution in [-0.4, -0.2) is 51.3 Å². The second kappa shape index (κ2) is 7.44. The van der Waals surface area contributed by atoms with Crippen molar-refractivity contribution in [2.75, 3.05) is 13.1 Å². The Morgan fingerprint density at radius 1 is 1.36 bits per heavy atom. The number of carboxylic acid groups (broad SMARTS) is 1. The summed E-state index contributed by atoms with van der Waals surface area (Å²) in [5.41, 5.74) is -0.352. The fourth-order valence-electron chi connectivity index (χ4n) is 3.29. The molecule has 1 saturated heterocycles. The lowest BCUT2D eigenvalue weighted by Gasteiger charge is -2.43. The molecular formula is C19H27NO5. The SMILES string of the molecule is Cc1ccc(C(=O)N2CC[C@H](O)[C@](CCC(C)C)(C(=O)O)C2)cc1O. The highest BCUT2D eigenvalue weighted by Gasteiger charge is 2.49. The van der Waals surface area contributed by atoms with E-state index in [2.05, 4.69) is 0 Å². The molecule has 0 aromatic heterocycles. The van der Waals surface area contributed by atoms with Crippen molar-refractivity contribution >= 4 is 11.9 Å². The first kappa shape index (κ1) is 19.2. The molecule has 138 valence electrons. The van der Waals surface area contributed by atoms with Gasteiger partial charge in [0, 0.05) is 18.7 Å². The van der Waals surface area contributed by atoms with Crippen molar-refractivity contribution in [2.45, 2.75) is 46.1 Å². The molecule has 1 amide bonds. The first-order chi connectivity index (χ1) is 11.7. The lowest BCUT2D eigenvalue weighted by molar-refractivity contribution is -0.163. The molecule has 1 fully saturated rings. The number of hydrogen-bond donors (Lipinski definition) is 3. The van der Waals surface area contributed by atoms with Crippen LogP contribution in [0.2, 0.25) is 0 Å². The van der Waals surface area contributed by atoms with Gasteiger partial charge in [-0.15, -0.1) is 0 Å². The van der Waals surface area contributed by atoms with E-state index in [0.717, 1.165) is 0 Å². The highest BCUT2D eigenvalue weighted by atomic mass is 16.4. The van der Waals surface area contributed by atoms with E-state index in [1.807, 2.05) is 13.8 Å². The van der Waals surface area contributed by atoms with Crippen molar-refractivity contribution in [1.29, 1.82) is 0 Å². The van der Waals surface area contributed by atoms with Gasteiger partial charge in [-0.3, -0.25) is 9.59 Å². The molecule has 0 unspecified atom stereocenters. The number of likely N-dealkylation sites (tertiary alicyclic amines) is 1. The molecule has 1 aromatic carbocycles. The smallest absolute Gasteiger partial charge is 0.314 e. The number of hydrogen-bond acceptors (Lipinski definition) is 4. The van der Waals surface area contributed by atoms with Gasteiger partial charge >= 0.3 is 5.97 Å². The Bertz CT molecular complexity index is 657. The minimum atomic E-state index is -1.34. The Hall–Kier alpha value is -2.08. The topological polar surface area (TPSA) is 98.1 Å². The quantitative estimate of drug-likeness (QED) is 0.758. The van der Waals surface area contributed by atoms with Gasteiger partial charge in [0.2, 0.25) is 0 Å². The van der Waals surface area contributed by atoms with Gasteiger partial charge in [0.1, 0.15) is 11.2 Å². The maximum Gasteiger partial charge on any atom is 0.314 e. The van der Waals surface area contributed by atoms with Crippen molar-refractivity contribution in [3.8, 4) is 5.75 Å². The van der Waals surface area contributed by atoms with Gasteiger partial charge in [0.25, 0.3) is 5.91 Å². The summed E-state index contributed by atoms with van der Waals surface area (Å²) < 4.78 is 0. The summed E-state index contributed by atoms with van der Waals surface area (Å²) >= 11 is 0. The molecule has 1 aliphatic heterocycles. The van der Waals surface area contributed by atoms with E-state index >= 15 is 0 Å². The number of piperidine rings is 1. The summed E-state index contributed by atoms with van der Waals surface area (Å²) in [6, 6.07) is 4.68. The van der Waals surface area contributed by atoms with Crippen molar-refractivity contribution in [1.82, 2.24) is 4.90 Å². The van der Waals surface area contributed by atoms with E-state index in [1.54, 1.807) is 19.1 Å². The zero-order chi connectivity index (χ0) is 18.8. The van der Waals surface area contributed by atoms with Gasteiger partial charge in [0.15, 0.2) is 0 Å². The molecular weight excluding hydrogens is 322 g/mol. The number of aryl methyl sites for hydroxylation is 1. The van der Waals surface area contributed by atoms with Gasteiger partial charge < -0.3 is 20.2 Å². The number of carboxylic acids is 1. The van der Waals surface area contributed by atoms with Crippen LogP contribution < -0.4 is 0 Å². The molecule has 3 N–H and O–H groups in total. The van der Waals surface area contributed by atoms with Crippen molar-refractivity contribution < 1.29 is 24.9 Å². The molecule has 0 aliphatic carbocycles. The monoisotopic (exact) mass is 349 g/mol. The van der Waals surface area contributed by atoms with Crippen LogP contribution in [0, 0.1) is 18.3 Å². The molecule has 1 aliphatic rings. The fraction of sp³-hybridized carbons (Fsp3) is 0.579. The van der Waals surface area contributed by atoms with E-state index in [0.29, 0.717) is 36.4 Å². The predicted octanol–water partition coefficient (Wildman–Crippen LogP) is 2.41. The summed E-state index contributed by atoms with van der Waals surface area (Å²) in [4.78, 5) is 26.2. The number of carbonyl (C=O) groups excluding carboxylic acids is 1. The molecule has 6 heteroatoms. The van der Waals surface area contributed by atoms with E-state index in [9.17, 15) is 24.9 Å². The lowest BCUT2D eigenvalue weighted by atomic mass is 9.72. The van der Waals surface area contributed by atoms with Crippen molar-refractivity contribution in [3.63, 3.8) is 0 Å². The Kier molecular flexibility index (Phi) is 5.72. The molecule has 0 bridgehead atoms. The summed E-state index contributed by atoms with van der Waals surface area (Å²) in [6.45, 7) is 6.02. The zero-order valence-corrected chi connectivity index (χ0v) is 15.0. The Morgan fingerprint density at radius 2 is 2.04 bits per heavy atom. The van der Waals surface area contributed by atoms with E-state index in [1.165, 1.54) is 11.0 Å². The average molecular weight is 349 g/mol. The number of phenols is 1. The largest absolute Gasteiger partial charge is 0.508 e. The number of aliphatic hydroxyl groups is 1. The second-order valence-electron chi connectivity index (χ2n) is 7.43. The van der Waals surface area contributed by atoms with E-state index < -0.39 is 17.5 Å². The molecule has 0 saturated carbocycles.